The molecule has 1 saturated heterocycles. The normalized spacial score (nSPS) is 23.8. The second-order valence-electron chi connectivity index (χ2n) is 6.01. The van der Waals surface area contributed by atoms with E-state index in [9.17, 15) is 9.59 Å². The van der Waals surface area contributed by atoms with Crippen LogP contribution in [0.5, 0.6) is 0 Å². The van der Waals surface area contributed by atoms with Gasteiger partial charge in [0.2, 0.25) is 5.91 Å². The van der Waals surface area contributed by atoms with Crippen LogP contribution in [-0.4, -0.2) is 47.9 Å². The molecule has 22 heavy (non-hydrogen) atoms. The number of Topliss-reactive ketones (excluding diaryl/α,β-unsaturated/α-hetero) is 1. The van der Waals surface area contributed by atoms with Crippen molar-refractivity contribution in [2.24, 2.45) is 0 Å². The van der Waals surface area contributed by atoms with Gasteiger partial charge in [-0.2, -0.15) is 0 Å². The van der Waals surface area contributed by atoms with Gasteiger partial charge in [-0.3, -0.25) is 14.5 Å². The van der Waals surface area contributed by atoms with E-state index in [1.54, 1.807) is 24.3 Å². The van der Waals surface area contributed by atoms with Gasteiger partial charge in [0.05, 0.1) is 18.2 Å². The zero-order valence-electron chi connectivity index (χ0n) is 13.6. The first-order chi connectivity index (χ1) is 10.4. The molecular weight excluding hydrogens is 280 g/mol. The first-order valence-corrected chi connectivity index (χ1v) is 7.68. The van der Waals surface area contributed by atoms with Gasteiger partial charge in [0, 0.05) is 24.3 Å². The minimum Gasteiger partial charge on any atom is -0.373 e. The summed E-state index contributed by atoms with van der Waals surface area (Å²) < 4.78 is 5.70. The predicted octanol–water partition coefficient (Wildman–Crippen LogP) is 2.33. The number of nitrogens with zero attached hydrogens (tertiary/aromatic N) is 1. The molecule has 1 aromatic carbocycles. The summed E-state index contributed by atoms with van der Waals surface area (Å²) in [5, 5.41) is 2.89. The summed E-state index contributed by atoms with van der Waals surface area (Å²) in [6.07, 6.45) is 0.250. The van der Waals surface area contributed by atoms with Crippen molar-refractivity contribution in [3.8, 4) is 0 Å². The van der Waals surface area contributed by atoms with Gasteiger partial charge in [0.15, 0.2) is 5.78 Å². The van der Waals surface area contributed by atoms with E-state index >= 15 is 0 Å². The minimum absolute atomic E-state index is 0.0139. The summed E-state index contributed by atoms with van der Waals surface area (Å²) in [5.74, 6) is -0.0815. The van der Waals surface area contributed by atoms with Crippen molar-refractivity contribution in [1.29, 1.82) is 0 Å². The van der Waals surface area contributed by atoms with Gasteiger partial charge >= 0.3 is 0 Å². The lowest BCUT2D eigenvalue weighted by atomic mass is 10.1. The molecule has 1 N–H and O–H groups in total. The Morgan fingerprint density at radius 3 is 2.50 bits per heavy atom. The highest BCUT2D eigenvalue weighted by atomic mass is 16.5. The van der Waals surface area contributed by atoms with E-state index in [1.165, 1.54) is 6.92 Å². The van der Waals surface area contributed by atoms with Gasteiger partial charge in [-0.15, -0.1) is 0 Å². The number of nitrogens with one attached hydrogen (secondary N) is 1. The third kappa shape index (κ3) is 4.15. The van der Waals surface area contributed by atoms with Crippen LogP contribution >= 0.6 is 0 Å². The predicted molar refractivity (Wildman–Crippen MR) is 86.1 cm³/mol. The number of carbonyl (C=O) groups excluding carboxylic acids is 2. The maximum absolute atomic E-state index is 12.4. The number of anilines is 1. The maximum Gasteiger partial charge on any atom is 0.241 e. The molecule has 1 aromatic rings. The van der Waals surface area contributed by atoms with E-state index in [4.69, 9.17) is 4.74 Å². The molecule has 2 rings (SSSR count). The van der Waals surface area contributed by atoms with Crippen molar-refractivity contribution >= 4 is 17.4 Å². The number of benzene rings is 1. The fourth-order valence-electron chi connectivity index (χ4n) is 2.76. The Balaban J connectivity index is 2.02. The molecule has 3 atom stereocenters. The van der Waals surface area contributed by atoms with Crippen molar-refractivity contribution in [2.75, 3.05) is 18.4 Å². The SMILES string of the molecule is CC(=O)c1cccc(NC(=O)[C@H](C)N2C[C@@H](C)O[C@@H](C)C2)c1. The number of ether oxygens (including phenoxy) is 1. The maximum atomic E-state index is 12.4. The molecule has 0 aliphatic carbocycles. The molecule has 0 bridgehead atoms. The lowest BCUT2D eigenvalue weighted by Gasteiger charge is -2.38. The Hall–Kier alpha value is -1.72. The second-order valence-corrected chi connectivity index (χ2v) is 6.01. The lowest BCUT2D eigenvalue weighted by Crippen LogP contribution is -2.52. The minimum atomic E-state index is -0.241. The first kappa shape index (κ1) is 16.6. The number of hydrogen-bond donors (Lipinski definition) is 1. The summed E-state index contributed by atoms with van der Waals surface area (Å²) in [6, 6.07) is 6.77. The third-order valence-corrected chi connectivity index (χ3v) is 3.91. The summed E-state index contributed by atoms with van der Waals surface area (Å²) >= 11 is 0. The standard InChI is InChI=1S/C17H24N2O3/c1-11-9-19(10-12(2)22-11)13(3)17(21)18-16-7-5-6-15(8-16)14(4)20/h5-8,11-13H,9-10H2,1-4H3,(H,18,21)/t11-,12+,13-/m0/s1. The zero-order chi connectivity index (χ0) is 16.3. The Bertz CT molecular complexity index is 549. The smallest absolute Gasteiger partial charge is 0.241 e. The molecule has 0 saturated carbocycles. The van der Waals surface area contributed by atoms with E-state index in [-0.39, 0.29) is 29.9 Å². The summed E-state index contributed by atoms with van der Waals surface area (Å²) in [5.41, 5.74) is 1.25. The third-order valence-electron chi connectivity index (χ3n) is 3.91. The topological polar surface area (TPSA) is 58.6 Å². The number of rotatable bonds is 4. The second kappa shape index (κ2) is 7.03. The van der Waals surface area contributed by atoms with Crippen LogP contribution in [-0.2, 0) is 9.53 Å². The Labute approximate surface area is 131 Å². The van der Waals surface area contributed by atoms with Crippen LogP contribution in [0.1, 0.15) is 38.1 Å². The molecule has 0 unspecified atom stereocenters. The van der Waals surface area contributed by atoms with Crippen LogP contribution in [0.25, 0.3) is 0 Å². The highest BCUT2D eigenvalue weighted by Gasteiger charge is 2.29. The van der Waals surface area contributed by atoms with Crippen LogP contribution < -0.4 is 5.32 Å². The number of amides is 1. The van der Waals surface area contributed by atoms with Gasteiger partial charge in [-0.25, -0.2) is 0 Å². The van der Waals surface area contributed by atoms with E-state index < -0.39 is 0 Å². The summed E-state index contributed by atoms with van der Waals surface area (Å²) in [7, 11) is 0. The quantitative estimate of drug-likeness (QED) is 0.867. The van der Waals surface area contributed by atoms with Gasteiger partial charge in [-0.05, 0) is 39.8 Å². The van der Waals surface area contributed by atoms with Gasteiger partial charge < -0.3 is 10.1 Å². The number of carbonyl (C=O) groups is 2. The highest BCUT2D eigenvalue weighted by molar-refractivity contribution is 5.98. The molecule has 0 spiro atoms. The van der Waals surface area contributed by atoms with Crippen LogP contribution in [0.4, 0.5) is 5.69 Å². The highest BCUT2D eigenvalue weighted by Crippen LogP contribution is 2.16. The molecule has 5 heteroatoms. The van der Waals surface area contributed by atoms with E-state index in [0.717, 1.165) is 13.1 Å². The van der Waals surface area contributed by atoms with E-state index in [2.05, 4.69) is 10.2 Å². The van der Waals surface area contributed by atoms with Crippen molar-refractivity contribution < 1.29 is 14.3 Å². The lowest BCUT2D eigenvalue weighted by molar-refractivity contribution is -0.126. The van der Waals surface area contributed by atoms with Crippen LogP contribution in [0.3, 0.4) is 0 Å². The van der Waals surface area contributed by atoms with Gasteiger partial charge in [0.1, 0.15) is 0 Å². The molecule has 0 radical (unpaired) electrons. The zero-order valence-corrected chi connectivity index (χ0v) is 13.6. The molecule has 0 aromatic heterocycles. The average Bonchev–Trinajstić information content (AvgIpc) is 2.45. The van der Waals surface area contributed by atoms with E-state index in [0.29, 0.717) is 11.3 Å². The summed E-state index contributed by atoms with van der Waals surface area (Å²) in [4.78, 5) is 26.0. The molecule has 1 fully saturated rings. The van der Waals surface area contributed by atoms with Crippen molar-refractivity contribution in [3.63, 3.8) is 0 Å². The Morgan fingerprint density at radius 1 is 1.27 bits per heavy atom. The number of morpholine rings is 1. The number of ketones is 1. The largest absolute Gasteiger partial charge is 0.373 e. The van der Waals surface area contributed by atoms with Crippen molar-refractivity contribution in [2.45, 2.75) is 45.9 Å². The van der Waals surface area contributed by atoms with Crippen LogP contribution in [0.2, 0.25) is 0 Å². The first-order valence-electron chi connectivity index (χ1n) is 7.68. The monoisotopic (exact) mass is 304 g/mol. The molecule has 1 heterocycles. The van der Waals surface area contributed by atoms with Crippen LogP contribution in [0.15, 0.2) is 24.3 Å². The Kier molecular flexibility index (Phi) is 5.32. The molecule has 120 valence electrons. The van der Waals surface area contributed by atoms with E-state index in [1.807, 2.05) is 20.8 Å². The molecular formula is C17H24N2O3. The van der Waals surface area contributed by atoms with Crippen LogP contribution in [0, 0.1) is 0 Å². The fourth-order valence-corrected chi connectivity index (χ4v) is 2.76. The summed E-state index contributed by atoms with van der Waals surface area (Å²) in [6.45, 7) is 8.93. The molecule has 1 aliphatic rings. The Morgan fingerprint density at radius 2 is 1.91 bits per heavy atom. The average molecular weight is 304 g/mol. The number of hydrogen-bond acceptors (Lipinski definition) is 4. The molecule has 5 nitrogen and oxygen atoms in total. The molecule has 1 aliphatic heterocycles. The van der Waals surface area contributed by atoms with Gasteiger partial charge in [-0.1, -0.05) is 12.1 Å². The van der Waals surface area contributed by atoms with Crippen molar-refractivity contribution in [3.05, 3.63) is 29.8 Å². The van der Waals surface area contributed by atoms with Crippen molar-refractivity contribution in [1.82, 2.24) is 4.90 Å². The fraction of sp³-hybridized carbons (Fsp3) is 0.529. The van der Waals surface area contributed by atoms with Gasteiger partial charge in [0.25, 0.3) is 0 Å². The molecule has 1 amide bonds.